The van der Waals surface area contributed by atoms with Crippen LogP contribution in [0.4, 0.5) is 0 Å². The van der Waals surface area contributed by atoms with E-state index < -0.39 is 6.10 Å². The van der Waals surface area contributed by atoms with E-state index in [1.807, 2.05) is 36.4 Å². The van der Waals surface area contributed by atoms with Crippen molar-refractivity contribution in [2.24, 2.45) is 0 Å². The third-order valence-electron chi connectivity index (χ3n) is 5.57. The Kier molecular flexibility index (Phi) is 4.38. The lowest BCUT2D eigenvalue weighted by atomic mass is 9.97. The minimum Gasteiger partial charge on any atom is -0.389 e. The lowest BCUT2D eigenvalue weighted by Gasteiger charge is -2.10. The SMILES string of the molecule is CC(O)c1ccc2c(c1)c1cc(Cl)ccc1c1nc(-c3c(C#N)cccc3C#N)[nH]c21. The summed E-state index contributed by atoms with van der Waals surface area (Å²) in [6, 6.07) is 20.8. The fourth-order valence-electron chi connectivity index (χ4n) is 4.08. The summed E-state index contributed by atoms with van der Waals surface area (Å²) in [6.07, 6.45) is -0.604. The molecule has 5 aromatic rings. The first-order chi connectivity index (χ1) is 15.0. The van der Waals surface area contributed by atoms with Gasteiger partial charge in [-0.05, 0) is 53.6 Å². The number of aliphatic hydroxyl groups is 1. The fourth-order valence-corrected chi connectivity index (χ4v) is 4.26. The van der Waals surface area contributed by atoms with E-state index in [0.717, 1.165) is 38.1 Å². The molecule has 1 aromatic heterocycles. The number of fused-ring (bicyclic) bond motifs is 6. The topological polar surface area (TPSA) is 96.5 Å². The molecule has 31 heavy (non-hydrogen) atoms. The Labute approximate surface area is 182 Å². The Balaban J connectivity index is 1.95. The van der Waals surface area contributed by atoms with Gasteiger partial charge in [0.2, 0.25) is 0 Å². The number of nitrogens with one attached hydrogen (secondary N) is 1. The van der Waals surface area contributed by atoms with Gasteiger partial charge in [-0.15, -0.1) is 0 Å². The van der Waals surface area contributed by atoms with Crippen LogP contribution in [0.3, 0.4) is 0 Å². The zero-order chi connectivity index (χ0) is 21.7. The second-order valence-electron chi connectivity index (χ2n) is 7.43. The number of imidazole rings is 1. The molecule has 0 bridgehead atoms. The molecule has 148 valence electrons. The van der Waals surface area contributed by atoms with E-state index in [4.69, 9.17) is 16.6 Å². The molecule has 0 fully saturated rings. The van der Waals surface area contributed by atoms with Gasteiger partial charge in [-0.3, -0.25) is 0 Å². The van der Waals surface area contributed by atoms with Gasteiger partial charge in [0.25, 0.3) is 0 Å². The van der Waals surface area contributed by atoms with Crippen molar-refractivity contribution < 1.29 is 5.11 Å². The molecule has 6 heteroatoms. The Morgan fingerprint density at radius 3 is 2.29 bits per heavy atom. The summed E-state index contributed by atoms with van der Waals surface area (Å²) < 4.78 is 0. The summed E-state index contributed by atoms with van der Waals surface area (Å²) in [5.74, 6) is 0.465. The van der Waals surface area contributed by atoms with Gasteiger partial charge in [0.1, 0.15) is 5.82 Å². The number of nitrogens with zero attached hydrogens (tertiary/aromatic N) is 3. The fraction of sp³-hybridized carbons (Fsp3) is 0.0800. The number of nitriles is 2. The normalized spacial score (nSPS) is 12.2. The minimum atomic E-state index is -0.604. The molecule has 2 N–H and O–H groups in total. The van der Waals surface area contributed by atoms with Gasteiger partial charge < -0.3 is 10.1 Å². The summed E-state index contributed by atoms with van der Waals surface area (Å²) in [5.41, 5.74) is 3.58. The average molecular weight is 423 g/mol. The largest absolute Gasteiger partial charge is 0.389 e. The Morgan fingerprint density at radius 2 is 1.61 bits per heavy atom. The van der Waals surface area contributed by atoms with E-state index in [2.05, 4.69) is 17.1 Å². The summed E-state index contributed by atoms with van der Waals surface area (Å²) in [4.78, 5) is 8.17. The number of hydrogen-bond acceptors (Lipinski definition) is 4. The summed E-state index contributed by atoms with van der Waals surface area (Å²) in [7, 11) is 0. The zero-order valence-electron chi connectivity index (χ0n) is 16.4. The highest BCUT2D eigenvalue weighted by Gasteiger charge is 2.19. The molecular weight excluding hydrogens is 408 g/mol. The quantitative estimate of drug-likeness (QED) is 0.341. The number of benzene rings is 4. The lowest BCUT2D eigenvalue weighted by molar-refractivity contribution is 0.199. The second kappa shape index (κ2) is 7.11. The molecule has 5 rings (SSSR count). The summed E-state index contributed by atoms with van der Waals surface area (Å²) in [6.45, 7) is 1.73. The molecular formula is C25H15ClN4O. The standard InChI is InChI=1S/C25H15ClN4O/c1-13(31)14-5-7-18-20(9-14)21-10-17(26)6-8-19(21)24-23(18)29-25(30-24)22-15(11-27)3-2-4-16(22)12-28/h2-10,13,31H,1H3,(H,29,30). The van der Waals surface area contributed by atoms with Crippen LogP contribution in [-0.2, 0) is 0 Å². The minimum absolute atomic E-state index is 0.381. The highest BCUT2D eigenvalue weighted by Crippen LogP contribution is 2.38. The maximum absolute atomic E-state index is 10.1. The van der Waals surface area contributed by atoms with E-state index in [9.17, 15) is 15.6 Å². The van der Waals surface area contributed by atoms with Crippen molar-refractivity contribution in [2.45, 2.75) is 13.0 Å². The Hall–Kier alpha value is -3.90. The van der Waals surface area contributed by atoms with Crippen LogP contribution in [0.5, 0.6) is 0 Å². The van der Waals surface area contributed by atoms with Crippen molar-refractivity contribution in [3.8, 4) is 23.5 Å². The van der Waals surface area contributed by atoms with Crippen molar-refractivity contribution in [2.75, 3.05) is 0 Å². The van der Waals surface area contributed by atoms with E-state index in [1.165, 1.54) is 0 Å². The van der Waals surface area contributed by atoms with Gasteiger partial charge in [0.05, 0.1) is 46.0 Å². The molecule has 0 amide bonds. The van der Waals surface area contributed by atoms with Crippen LogP contribution in [0, 0.1) is 22.7 Å². The van der Waals surface area contributed by atoms with Crippen molar-refractivity contribution >= 4 is 44.2 Å². The molecule has 5 nitrogen and oxygen atoms in total. The van der Waals surface area contributed by atoms with Crippen LogP contribution in [0.1, 0.15) is 29.7 Å². The Morgan fingerprint density at radius 1 is 0.935 bits per heavy atom. The molecule has 0 aliphatic carbocycles. The molecule has 1 heterocycles. The van der Waals surface area contributed by atoms with Crippen LogP contribution in [-0.4, -0.2) is 15.1 Å². The zero-order valence-corrected chi connectivity index (χ0v) is 17.2. The van der Waals surface area contributed by atoms with Crippen molar-refractivity contribution in [1.29, 1.82) is 10.5 Å². The smallest absolute Gasteiger partial charge is 0.141 e. The van der Waals surface area contributed by atoms with Gasteiger partial charge in [0, 0.05) is 15.8 Å². The molecule has 0 spiro atoms. The number of aromatic nitrogens is 2. The first-order valence-electron chi connectivity index (χ1n) is 9.68. The summed E-state index contributed by atoms with van der Waals surface area (Å²) >= 11 is 6.30. The van der Waals surface area contributed by atoms with E-state index in [0.29, 0.717) is 27.5 Å². The number of hydrogen-bond donors (Lipinski definition) is 2. The van der Waals surface area contributed by atoms with Gasteiger partial charge in [-0.2, -0.15) is 10.5 Å². The van der Waals surface area contributed by atoms with Crippen LogP contribution < -0.4 is 0 Å². The van der Waals surface area contributed by atoms with E-state index >= 15 is 0 Å². The van der Waals surface area contributed by atoms with Crippen LogP contribution >= 0.6 is 11.6 Å². The third kappa shape index (κ3) is 2.92. The first-order valence-corrected chi connectivity index (χ1v) is 10.1. The monoisotopic (exact) mass is 422 g/mol. The maximum Gasteiger partial charge on any atom is 0.141 e. The highest BCUT2D eigenvalue weighted by atomic mass is 35.5. The number of aromatic amines is 1. The van der Waals surface area contributed by atoms with Crippen LogP contribution in [0.25, 0.3) is 44.0 Å². The molecule has 0 aliphatic heterocycles. The van der Waals surface area contributed by atoms with Gasteiger partial charge >= 0.3 is 0 Å². The molecule has 4 aromatic carbocycles. The molecule has 0 aliphatic rings. The lowest BCUT2D eigenvalue weighted by Crippen LogP contribution is -1.91. The van der Waals surface area contributed by atoms with Gasteiger partial charge in [-0.1, -0.05) is 35.9 Å². The predicted molar refractivity (Wildman–Crippen MR) is 122 cm³/mol. The molecule has 1 atom stereocenters. The van der Waals surface area contributed by atoms with Gasteiger partial charge in [-0.25, -0.2) is 4.98 Å². The molecule has 0 saturated heterocycles. The molecule has 0 radical (unpaired) electrons. The number of aliphatic hydroxyl groups excluding tert-OH is 1. The van der Waals surface area contributed by atoms with Crippen LogP contribution in [0.15, 0.2) is 54.6 Å². The maximum atomic E-state index is 10.1. The predicted octanol–water partition coefficient (Wildman–Crippen LogP) is 5.99. The van der Waals surface area contributed by atoms with Gasteiger partial charge in [0.15, 0.2) is 0 Å². The van der Waals surface area contributed by atoms with Crippen LogP contribution in [0.2, 0.25) is 5.02 Å². The molecule has 1 unspecified atom stereocenters. The highest BCUT2D eigenvalue weighted by molar-refractivity contribution is 6.33. The first kappa shape index (κ1) is 19.1. The molecule has 0 saturated carbocycles. The number of halogens is 1. The van der Waals surface area contributed by atoms with E-state index in [1.54, 1.807) is 25.1 Å². The average Bonchev–Trinajstić information content (AvgIpc) is 3.23. The second-order valence-corrected chi connectivity index (χ2v) is 7.87. The third-order valence-corrected chi connectivity index (χ3v) is 5.80. The van der Waals surface area contributed by atoms with E-state index in [-0.39, 0.29) is 0 Å². The number of rotatable bonds is 2. The van der Waals surface area contributed by atoms with Crippen molar-refractivity contribution in [1.82, 2.24) is 9.97 Å². The van der Waals surface area contributed by atoms with Crippen molar-refractivity contribution in [3.05, 3.63) is 76.3 Å². The summed E-state index contributed by atoms with van der Waals surface area (Å²) in [5, 5.41) is 33.5. The van der Waals surface area contributed by atoms with Crippen molar-refractivity contribution in [3.63, 3.8) is 0 Å². The Bertz CT molecular complexity index is 1570. The number of H-pyrrole nitrogens is 1.